The van der Waals surface area contributed by atoms with E-state index in [0.717, 1.165) is 12.1 Å². The number of nitrogens with one attached hydrogen (secondary N) is 1. The van der Waals surface area contributed by atoms with Gasteiger partial charge in [0.25, 0.3) is 0 Å². The number of alkyl halides is 3. The lowest BCUT2D eigenvalue weighted by Gasteiger charge is -2.06. The normalized spacial score (nSPS) is 11.7. The van der Waals surface area contributed by atoms with E-state index in [-0.39, 0.29) is 28.8 Å². The lowest BCUT2D eigenvalue weighted by molar-refractivity contribution is -0.137. The molecular weight excluding hydrogens is 347 g/mol. The molecule has 1 N–H and O–H groups in total. The maximum absolute atomic E-state index is 13.0. The highest BCUT2D eigenvalue weighted by molar-refractivity contribution is 5.66. The van der Waals surface area contributed by atoms with E-state index in [4.69, 9.17) is 9.68 Å². The Labute approximate surface area is 146 Å². The molecule has 0 saturated carbocycles. The highest BCUT2D eigenvalue weighted by Crippen LogP contribution is 2.34. The summed E-state index contributed by atoms with van der Waals surface area (Å²) in [5.41, 5.74) is -0.0437. The van der Waals surface area contributed by atoms with Gasteiger partial charge >= 0.3 is 6.18 Å². The van der Waals surface area contributed by atoms with Crippen molar-refractivity contribution in [1.29, 1.82) is 5.26 Å². The largest absolute Gasteiger partial charge is 0.440 e. The first-order chi connectivity index (χ1) is 12.3. The number of benzene rings is 1. The van der Waals surface area contributed by atoms with Crippen molar-refractivity contribution in [3.05, 3.63) is 41.3 Å². The summed E-state index contributed by atoms with van der Waals surface area (Å²) in [7, 11) is 0. The molecule has 0 bridgehead atoms. The molecule has 0 aliphatic rings. The Bertz CT molecular complexity index is 965. The van der Waals surface area contributed by atoms with Crippen LogP contribution in [-0.4, -0.2) is 20.4 Å². The second-order valence-corrected chi connectivity index (χ2v) is 6.10. The Morgan fingerprint density at radius 1 is 1.23 bits per heavy atom. The molecule has 0 unspecified atom stereocenters. The van der Waals surface area contributed by atoms with Crippen molar-refractivity contribution in [1.82, 2.24) is 20.4 Å². The van der Waals surface area contributed by atoms with Gasteiger partial charge in [-0.15, -0.1) is 5.10 Å². The lowest BCUT2D eigenvalue weighted by Crippen LogP contribution is -2.04. The molecule has 26 heavy (non-hydrogen) atoms. The third-order valence-electron chi connectivity index (χ3n) is 3.61. The molecule has 0 aliphatic carbocycles. The van der Waals surface area contributed by atoms with Crippen LogP contribution in [0.5, 0.6) is 0 Å². The molecule has 0 fully saturated rings. The summed E-state index contributed by atoms with van der Waals surface area (Å²) in [6, 6.07) is 6.63. The molecule has 9 heteroatoms. The zero-order valence-corrected chi connectivity index (χ0v) is 13.9. The van der Waals surface area contributed by atoms with Gasteiger partial charge in [0, 0.05) is 12.0 Å². The molecule has 0 saturated heterocycles. The summed E-state index contributed by atoms with van der Waals surface area (Å²) in [6.45, 7) is 3.93. The molecule has 0 aliphatic heterocycles. The minimum absolute atomic E-state index is 0.0358. The summed E-state index contributed by atoms with van der Waals surface area (Å²) in [5, 5.41) is 19.1. The van der Waals surface area contributed by atoms with Crippen LogP contribution in [0, 0.1) is 17.2 Å². The Kier molecular flexibility index (Phi) is 4.50. The summed E-state index contributed by atoms with van der Waals surface area (Å²) in [4.78, 5) is 4.30. The van der Waals surface area contributed by atoms with Crippen LogP contribution in [0.2, 0.25) is 0 Å². The zero-order chi connectivity index (χ0) is 18.9. The van der Waals surface area contributed by atoms with E-state index in [1.807, 2.05) is 19.9 Å². The second kappa shape index (κ2) is 6.63. The molecule has 3 aromatic rings. The number of aromatic nitrogens is 4. The minimum atomic E-state index is -4.47. The molecule has 134 valence electrons. The molecule has 3 rings (SSSR count). The van der Waals surface area contributed by atoms with Crippen molar-refractivity contribution in [2.24, 2.45) is 5.92 Å². The number of halogens is 3. The molecule has 2 heterocycles. The van der Waals surface area contributed by atoms with Crippen LogP contribution < -0.4 is 0 Å². The van der Waals surface area contributed by atoms with Gasteiger partial charge in [-0.05, 0) is 24.1 Å². The molecule has 0 spiro atoms. The molecule has 0 amide bonds. The number of nitriles is 1. The van der Waals surface area contributed by atoms with Crippen molar-refractivity contribution in [3.8, 4) is 28.9 Å². The van der Waals surface area contributed by atoms with Gasteiger partial charge in [-0.1, -0.05) is 19.9 Å². The predicted molar refractivity (Wildman–Crippen MR) is 85.6 cm³/mol. The maximum atomic E-state index is 13.0. The minimum Gasteiger partial charge on any atom is -0.440 e. The van der Waals surface area contributed by atoms with E-state index in [9.17, 15) is 13.2 Å². The molecule has 0 radical (unpaired) electrons. The van der Waals surface area contributed by atoms with E-state index in [2.05, 4.69) is 20.4 Å². The number of rotatable bonds is 4. The Hall–Kier alpha value is -3.15. The van der Waals surface area contributed by atoms with Crippen molar-refractivity contribution in [2.45, 2.75) is 26.4 Å². The van der Waals surface area contributed by atoms with E-state index >= 15 is 0 Å². The summed E-state index contributed by atoms with van der Waals surface area (Å²) < 4.78 is 44.6. The zero-order valence-electron chi connectivity index (χ0n) is 13.9. The molecule has 0 atom stereocenters. The Balaban J connectivity index is 2.12. The van der Waals surface area contributed by atoms with Gasteiger partial charge < -0.3 is 4.42 Å². The van der Waals surface area contributed by atoms with Gasteiger partial charge in [0.2, 0.25) is 5.89 Å². The topological polar surface area (TPSA) is 91.4 Å². The average molecular weight is 361 g/mol. The molecule has 2 aromatic heterocycles. The quantitative estimate of drug-likeness (QED) is 0.751. The Morgan fingerprint density at radius 3 is 2.65 bits per heavy atom. The summed E-state index contributed by atoms with van der Waals surface area (Å²) in [5.74, 6) is 0.681. The first-order valence-electron chi connectivity index (χ1n) is 7.78. The van der Waals surface area contributed by atoms with E-state index in [1.165, 1.54) is 12.1 Å². The smallest absolute Gasteiger partial charge is 0.416 e. The van der Waals surface area contributed by atoms with E-state index < -0.39 is 11.7 Å². The van der Waals surface area contributed by atoms with Gasteiger partial charge in [-0.2, -0.15) is 28.7 Å². The van der Waals surface area contributed by atoms with Gasteiger partial charge in [0.15, 0.2) is 11.4 Å². The van der Waals surface area contributed by atoms with Crippen molar-refractivity contribution < 1.29 is 17.6 Å². The number of nitrogens with zero attached hydrogens (tertiary/aromatic N) is 4. The fourth-order valence-electron chi connectivity index (χ4n) is 2.47. The number of H-pyrrole nitrogens is 1. The first kappa shape index (κ1) is 17.7. The van der Waals surface area contributed by atoms with Crippen molar-refractivity contribution >= 4 is 0 Å². The highest BCUT2D eigenvalue weighted by Gasteiger charge is 2.31. The van der Waals surface area contributed by atoms with Crippen molar-refractivity contribution in [3.63, 3.8) is 0 Å². The van der Waals surface area contributed by atoms with Gasteiger partial charge in [-0.3, -0.25) is 0 Å². The molecule has 1 aromatic carbocycles. The predicted octanol–water partition coefficient (Wildman–Crippen LogP) is 4.22. The van der Waals surface area contributed by atoms with Crippen LogP contribution in [0.1, 0.15) is 30.9 Å². The van der Waals surface area contributed by atoms with Gasteiger partial charge in [0.05, 0.1) is 5.56 Å². The van der Waals surface area contributed by atoms with Crippen molar-refractivity contribution in [2.75, 3.05) is 0 Å². The van der Waals surface area contributed by atoms with Crippen LogP contribution in [-0.2, 0) is 12.6 Å². The van der Waals surface area contributed by atoms with Crippen LogP contribution >= 0.6 is 0 Å². The SMILES string of the molecule is CC(C)Cc1oc(-c2cccc(C(F)(F)F)c2)nc1-c1n[nH]nc1C#N. The van der Waals surface area contributed by atoms with Gasteiger partial charge in [0.1, 0.15) is 17.5 Å². The van der Waals surface area contributed by atoms with Gasteiger partial charge in [-0.25, -0.2) is 4.98 Å². The monoisotopic (exact) mass is 361 g/mol. The summed E-state index contributed by atoms with van der Waals surface area (Å²) >= 11 is 0. The van der Waals surface area contributed by atoms with E-state index in [0.29, 0.717) is 17.9 Å². The number of hydrogen-bond donors (Lipinski definition) is 1. The maximum Gasteiger partial charge on any atom is 0.416 e. The Morgan fingerprint density at radius 2 is 2.00 bits per heavy atom. The van der Waals surface area contributed by atoms with Crippen LogP contribution in [0.15, 0.2) is 28.7 Å². The number of oxazole rings is 1. The average Bonchev–Trinajstić information content (AvgIpc) is 3.19. The standard InChI is InChI=1S/C17H14F3N5O/c1-9(2)6-13-15(14-12(8-21)23-25-24-14)22-16(26-13)10-4-3-5-11(7-10)17(18,19)20/h3-5,7,9H,6H2,1-2H3,(H,23,24,25). The second-order valence-electron chi connectivity index (χ2n) is 6.10. The van der Waals surface area contributed by atoms with E-state index in [1.54, 1.807) is 0 Å². The van der Waals surface area contributed by atoms with Crippen LogP contribution in [0.4, 0.5) is 13.2 Å². The third-order valence-corrected chi connectivity index (χ3v) is 3.61. The fraction of sp³-hybridized carbons (Fsp3) is 0.294. The van der Waals surface area contributed by atoms with Crippen LogP contribution in [0.3, 0.4) is 0 Å². The third kappa shape index (κ3) is 3.44. The lowest BCUT2D eigenvalue weighted by atomic mass is 10.1. The highest BCUT2D eigenvalue weighted by atomic mass is 19.4. The fourth-order valence-corrected chi connectivity index (χ4v) is 2.47. The molecular formula is C17H14F3N5O. The number of aromatic amines is 1. The summed E-state index contributed by atoms with van der Waals surface area (Å²) in [6.07, 6.45) is -3.98. The first-order valence-corrected chi connectivity index (χ1v) is 7.78. The molecule has 6 nitrogen and oxygen atoms in total. The van der Waals surface area contributed by atoms with Crippen LogP contribution in [0.25, 0.3) is 22.8 Å². The number of hydrogen-bond acceptors (Lipinski definition) is 5.